The van der Waals surface area contributed by atoms with Crippen molar-refractivity contribution in [1.29, 1.82) is 0 Å². The van der Waals surface area contributed by atoms with E-state index in [1.165, 1.54) is 0 Å². The second kappa shape index (κ2) is 4.13. The Morgan fingerprint density at radius 2 is 2.21 bits per heavy atom. The van der Waals surface area contributed by atoms with Gasteiger partial charge in [-0.05, 0) is 33.6 Å². The van der Waals surface area contributed by atoms with Crippen molar-refractivity contribution in [2.75, 3.05) is 0 Å². The van der Waals surface area contributed by atoms with Gasteiger partial charge in [-0.25, -0.2) is 0 Å². The Balaban J connectivity index is 2.25. The third-order valence-corrected chi connectivity index (χ3v) is 2.03. The van der Waals surface area contributed by atoms with Crippen molar-refractivity contribution in [1.82, 2.24) is 5.32 Å². The lowest BCUT2D eigenvalue weighted by atomic mass is 10.1. The molecular weight excluding hydrogens is 178 g/mol. The van der Waals surface area contributed by atoms with Gasteiger partial charge in [-0.15, -0.1) is 6.58 Å². The fourth-order valence-corrected chi connectivity index (χ4v) is 1.32. The molecule has 1 rings (SSSR count). The summed E-state index contributed by atoms with van der Waals surface area (Å²) in [6, 6.07) is 0.206. The lowest BCUT2D eigenvalue weighted by molar-refractivity contribution is -0.154. The summed E-state index contributed by atoms with van der Waals surface area (Å²) in [5, 5.41) is 3.10. The molecule has 1 heterocycles. The van der Waals surface area contributed by atoms with Gasteiger partial charge < -0.3 is 4.74 Å². The fraction of sp³-hybridized carbons (Fsp3) is 0.727. The molecule has 0 aromatic carbocycles. The van der Waals surface area contributed by atoms with Crippen LogP contribution in [0.5, 0.6) is 0 Å². The molecule has 0 bridgehead atoms. The Morgan fingerprint density at radius 3 is 2.71 bits per heavy atom. The van der Waals surface area contributed by atoms with Crippen LogP contribution in [0.2, 0.25) is 0 Å². The minimum atomic E-state index is -0.385. The summed E-state index contributed by atoms with van der Waals surface area (Å²) >= 11 is 0. The number of rotatable bonds is 4. The van der Waals surface area contributed by atoms with E-state index in [1.54, 1.807) is 0 Å². The number of carbonyl (C=O) groups is 1. The first-order chi connectivity index (χ1) is 6.44. The van der Waals surface area contributed by atoms with E-state index in [9.17, 15) is 4.79 Å². The van der Waals surface area contributed by atoms with E-state index in [0.29, 0.717) is 6.04 Å². The highest BCUT2D eigenvalue weighted by Gasteiger charge is 2.43. The first kappa shape index (κ1) is 11.2. The maximum Gasteiger partial charge on any atom is 0.325 e. The van der Waals surface area contributed by atoms with Crippen molar-refractivity contribution in [2.45, 2.75) is 51.3 Å². The topological polar surface area (TPSA) is 48.2 Å². The highest BCUT2D eigenvalue weighted by Crippen LogP contribution is 2.20. The fourth-order valence-electron chi connectivity index (χ4n) is 1.32. The van der Waals surface area contributed by atoms with Gasteiger partial charge >= 0.3 is 5.97 Å². The zero-order valence-corrected chi connectivity index (χ0v) is 9.17. The number of ether oxygens (including phenoxy) is 1. The molecule has 0 radical (unpaired) electrons. The van der Waals surface area contributed by atoms with Crippen LogP contribution >= 0.6 is 0 Å². The van der Waals surface area contributed by atoms with Gasteiger partial charge in [0.2, 0.25) is 0 Å². The first-order valence-corrected chi connectivity index (χ1v) is 5.04. The highest BCUT2D eigenvalue weighted by molar-refractivity contribution is 5.80. The summed E-state index contributed by atoms with van der Waals surface area (Å²) < 4.78 is 5.24. The van der Waals surface area contributed by atoms with Gasteiger partial charge in [0.1, 0.15) is 11.6 Å². The molecule has 2 atom stereocenters. The average Bonchev–Trinajstić information content (AvgIpc) is 2.76. The molecule has 0 aromatic heterocycles. The van der Waals surface area contributed by atoms with Gasteiger partial charge in [-0.3, -0.25) is 10.1 Å². The minimum absolute atomic E-state index is 0.0887. The summed E-state index contributed by atoms with van der Waals surface area (Å²) in [6.45, 7) is 9.29. The molecule has 0 unspecified atom stereocenters. The normalized spacial score (nSPS) is 25.6. The van der Waals surface area contributed by atoms with Gasteiger partial charge in [0.25, 0.3) is 0 Å². The van der Waals surface area contributed by atoms with Gasteiger partial charge in [0.05, 0.1) is 0 Å². The molecule has 3 heteroatoms. The molecule has 1 N–H and O–H groups in total. The molecular formula is C11H19NO2. The number of nitrogens with one attached hydrogen (secondary N) is 1. The van der Waals surface area contributed by atoms with Crippen LogP contribution in [0.25, 0.3) is 0 Å². The molecule has 1 aliphatic heterocycles. The van der Waals surface area contributed by atoms with Crippen LogP contribution in [0, 0.1) is 0 Å². The Labute approximate surface area is 85.5 Å². The third-order valence-electron chi connectivity index (χ3n) is 2.03. The standard InChI is InChI=1S/C11H19NO2/c1-5-6-7-8-9(12-8)10(13)14-11(2,3)4/h5,8-9,12H,1,6-7H2,2-4H3/t8-,9+/m0/s1. The monoisotopic (exact) mass is 197 g/mol. The van der Waals surface area contributed by atoms with E-state index in [0.717, 1.165) is 12.8 Å². The SMILES string of the molecule is C=CCC[C@@H]1N[C@H]1C(=O)OC(C)(C)C. The van der Waals surface area contributed by atoms with E-state index < -0.39 is 0 Å². The minimum Gasteiger partial charge on any atom is -0.459 e. The van der Waals surface area contributed by atoms with Crippen LogP contribution in [0.3, 0.4) is 0 Å². The molecule has 3 nitrogen and oxygen atoms in total. The second-order valence-electron chi connectivity index (χ2n) is 4.65. The van der Waals surface area contributed by atoms with Crippen LogP contribution in [0.4, 0.5) is 0 Å². The Bertz CT molecular complexity index is 230. The number of esters is 1. The predicted octanol–water partition coefficient (Wildman–Crippen LogP) is 1.63. The van der Waals surface area contributed by atoms with Gasteiger partial charge in [0.15, 0.2) is 0 Å². The Hall–Kier alpha value is -0.830. The number of carbonyl (C=O) groups excluding carboxylic acids is 1. The van der Waals surface area contributed by atoms with E-state index >= 15 is 0 Å². The molecule has 0 saturated carbocycles. The summed E-state index contributed by atoms with van der Waals surface area (Å²) in [4.78, 5) is 11.5. The van der Waals surface area contributed by atoms with Crippen LogP contribution < -0.4 is 5.32 Å². The highest BCUT2D eigenvalue weighted by atomic mass is 16.6. The molecule has 1 fully saturated rings. The average molecular weight is 197 g/mol. The second-order valence-corrected chi connectivity index (χ2v) is 4.65. The number of hydrogen-bond donors (Lipinski definition) is 1. The zero-order chi connectivity index (χ0) is 10.8. The third kappa shape index (κ3) is 3.50. The molecule has 14 heavy (non-hydrogen) atoms. The molecule has 1 aliphatic rings. The molecule has 0 aliphatic carbocycles. The van der Waals surface area contributed by atoms with Crippen LogP contribution in [-0.4, -0.2) is 23.7 Å². The maximum absolute atomic E-state index is 11.5. The quantitative estimate of drug-likeness (QED) is 0.423. The van der Waals surface area contributed by atoms with Crippen LogP contribution in [0.1, 0.15) is 33.6 Å². The van der Waals surface area contributed by atoms with E-state index in [1.807, 2.05) is 26.8 Å². The van der Waals surface area contributed by atoms with Crippen molar-refractivity contribution in [3.05, 3.63) is 12.7 Å². The maximum atomic E-state index is 11.5. The van der Waals surface area contributed by atoms with Gasteiger partial charge in [-0.2, -0.15) is 0 Å². The lowest BCUT2D eigenvalue weighted by Gasteiger charge is -2.18. The zero-order valence-electron chi connectivity index (χ0n) is 9.17. The molecule has 1 saturated heterocycles. The van der Waals surface area contributed by atoms with Crippen LogP contribution in [0.15, 0.2) is 12.7 Å². The smallest absolute Gasteiger partial charge is 0.325 e. The van der Waals surface area contributed by atoms with E-state index in [-0.39, 0.29) is 17.6 Å². The van der Waals surface area contributed by atoms with E-state index in [2.05, 4.69) is 11.9 Å². The molecule has 0 aromatic rings. The van der Waals surface area contributed by atoms with Crippen molar-refractivity contribution < 1.29 is 9.53 Å². The Kier molecular flexibility index (Phi) is 3.32. The summed E-state index contributed by atoms with van der Waals surface area (Å²) in [5.41, 5.74) is -0.385. The predicted molar refractivity (Wildman–Crippen MR) is 56.0 cm³/mol. The van der Waals surface area contributed by atoms with Crippen LogP contribution in [-0.2, 0) is 9.53 Å². The van der Waals surface area contributed by atoms with Crippen molar-refractivity contribution >= 4 is 5.97 Å². The number of hydrogen-bond acceptors (Lipinski definition) is 3. The Morgan fingerprint density at radius 1 is 1.57 bits per heavy atom. The molecule has 0 amide bonds. The molecule has 80 valence electrons. The summed E-state index contributed by atoms with van der Waals surface area (Å²) in [7, 11) is 0. The summed E-state index contributed by atoms with van der Waals surface area (Å²) in [6.07, 6.45) is 3.77. The lowest BCUT2D eigenvalue weighted by Crippen LogP contribution is -2.28. The molecule has 0 spiro atoms. The van der Waals surface area contributed by atoms with Gasteiger partial charge in [-0.1, -0.05) is 6.08 Å². The van der Waals surface area contributed by atoms with Crippen molar-refractivity contribution in [3.8, 4) is 0 Å². The summed E-state index contributed by atoms with van der Waals surface area (Å²) in [5.74, 6) is -0.133. The van der Waals surface area contributed by atoms with Crippen molar-refractivity contribution in [2.24, 2.45) is 0 Å². The largest absolute Gasteiger partial charge is 0.459 e. The van der Waals surface area contributed by atoms with Crippen molar-refractivity contribution in [3.63, 3.8) is 0 Å². The first-order valence-electron chi connectivity index (χ1n) is 5.04. The number of allylic oxidation sites excluding steroid dienone is 1. The van der Waals surface area contributed by atoms with Gasteiger partial charge in [0, 0.05) is 6.04 Å². The van der Waals surface area contributed by atoms with E-state index in [4.69, 9.17) is 4.74 Å².